The highest BCUT2D eigenvalue weighted by atomic mass is 16.5. The van der Waals surface area contributed by atoms with E-state index in [0.29, 0.717) is 34.8 Å². The predicted octanol–water partition coefficient (Wildman–Crippen LogP) is 6.92. The molecule has 0 aliphatic carbocycles. The Kier molecular flexibility index (Phi) is 11.1. The summed E-state index contributed by atoms with van der Waals surface area (Å²) in [6.45, 7) is 0.311. The number of aliphatic hydroxyl groups excluding tert-OH is 1. The Morgan fingerprint density at radius 2 is 1.36 bits per heavy atom. The molecule has 0 aliphatic rings. The molecule has 2 aromatic carbocycles. The highest BCUT2D eigenvalue weighted by Crippen LogP contribution is 2.34. The summed E-state index contributed by atoms with van der Waals surface area (Å²) in [5, 5.41) is 9.25. The third-order valence-corrected chi connectivity index (χ3v) is 6.66. The smallest absolute Gasteiger partial charge is 0.197 e. The first kappa shape index (κ1) is 27.6. The van der Waals surface area contributed by atoms with Crippen molar-refractivity contribution in [1.29, 1.82) is 0 Å². The van der Waals surface area contributed by atoms with Crippen LogP contribution in [0.2, 0.25) is 0 Å². The quantitative estimate of drug-likeness (QED) is 0.217. The molecule has 0 aliphatic heterocycles. The van der Waals surface area contributed by atoms with Crippen molar-refractivity contribution in [2.24, 2.45) is 0 Å². The lowest BCUT2D eigenvalue weighted by Crippen LogP contribution is -2.04. The SMILES string of the molecule is COc1ccc(-c2cc(=O)c3c(OC)cc(OC)cc3o2)c(CCCCCCCCCCCCO)c1. The molecule has 0 radical (unpaired) electrons. The van der Waals surface area contributed by atoms with Crippen LogP contribution >= 0.6 is 0 Å². The fourth-order valence-corrected chi connectivity index (χ4v) is 4.63. The number of rotatable bonds is 16. The molecule has 0 spiro atoms. The van der Waals surface area contributed by atoms with Gasteiger partial charge < -0.3 is 23.7 Å². The van der Waals surface area contributed by atoms with Crippen LogP contribution in [0.1, 0.15) is 69.8 Å². The molecule has 1 heterocycles. The van der Waals surface area contributed by atoms with Crippen molar-refractivity contribution in [2.45, 2.75) is 70.6 Å². The topological polar surface area (TPSA) is 78.1 Å². The number of hydrogen-bond acceptors (Lipinski definition) is 6. The van der Waals surface area contributed by atoms with Crippen molar-refractivity contribution in [3.05, 3.63) is 52.2 Å². The second kappa shape index (κ2) is 14.5. The number of hydrogen-bond donors (Lipinski definition) is 1. The maximum Gasteiger partial charge on any atom is 0.197 e. The molecule has 6 heteroatoms. The summed E-state index contributed by atoms with van der Waals surface area (Å²) in [7, 11) is 4.77. The number of aliphatic hydroxyl groups is 1. The monoisotopic (exact) mass is 496 g/mol. The zero-order chi connectivity index (χ0) is 25.8. The van der Waals surface area contributed by atoms with E-state index in [1.54, 1.807) is 32.4 Å². The molecule has 1 N–H and O–H groups in total. The van der Waals surface area contributed by atoms with E-state index in [-0.39, 0.29) is 5.43 Å². The maximum absolute atomic E-state index is 13.0. The van der Waals surface area contributed by atoms with Gasteiger partial charge in [-0.15, -0.1) is 0 Å². The molecular weight excluding hydrogens is 456 g/mol. The number of aryl methyl sites for hydroxylation is 1. The summed E-state index contributed by atoms with van der Waals surface area (Å²) in [6, 6.07) is 10.9. The molecule has 0 amide bonds. The second-order valence-electron chi connectivity index (χ2n) is 9.21. The number of ether oxygens (including phenoxy) is 3. The highest BCUT2D eigenvalue weighted by molar-refractivity contribution is 5.86. The van der Waals surface area contributed by atoms with Crippen molar-refractivity contribution in [2.75, 3.05) is 27.9 Å². The minimum Gasteiger partial charge on any atom is -0.497 e. The molecule has 196 valence electrons. The van der Waals surface area contributed by atoms with Gasteiger partial charge in [0.25, 0.3) is 0 Å². The van der Waals surface area contributed by atoms with E-state index in [0.717, 1.165) is 49.0 Å². The van der Waals surface area contributed by atoms with Gasteiger partial charge in [-0.25, -0.2) is 0 Å². The van der Waals surface area contributed by atoms with E-state index < -0.39 is 0 Å². The first-order valence-electron chi connectivity index (χ1n) is 13.1. The fraction of sp³-hybridized carbons (Fsp3) is 0.500. The Bertz CT molecular complexity index is 1150. The lowest BCUT2D eigenvalue weighted by atomic mass is 9.98. The van der Waals surface area contributed by atoms with Gasteiger partial charge in [-0.1, -0.05) is 51.4 Å². The van der Waals surface area contributed by atoms with Crippen molar-refractivity contribution < 1.29 is 23.7 Å². The van der Waals surface area contributed by atoms with Gasteiger partial charge >= 0.3 is 0 Å². The predicted molar refractivity (Wildman–Crippen MR) is 145 cm³/mol. The van der Waals surface area contributed by atoms with Crippen LogP contribution < -0.4 is 19.6 Å². The molecule has 3 rings (SSSR count). The average Bonchev–Trinajstić information content (AvgIpc) is 2.90. The Morgan fingerprint density at radius 3 is 1.97 bits per heavy atom. The van der Waals surface area contributed by atoms with Gasteiger partial charge in [-0.3, -0.25) is 4.79 Å². The third kappa shape index (κ3) is 7.50. The van der Waals surface area contributed by atoms with E-state index in [9.17, 15) is 4.79 Å². The van der Waals surface area contributed by atoms with Crippen LogP contribution in [0.5, 0.6) is 17.2 Å². The van der Waals surface area contributed by atoms with Gasteiger partial charge in [0.1, 0.15) is 34.0 Å². The van der Waals surface area contributed by atoms with Gasteiger partial charge in [-0.2, -0.15) is 0 Å². The second-order valence-corrected chi connectivity index (χ2v) is 9.21. The molecule has 0 saturated carbocycles. The van der Waals surface area contributed by atoms with E-state index in [4.69, 9.17) is 23.7 Å². The minimum atomic E-state index is -0.149. The van der Waals surface area contributed by atoms with Crippen LogP contribution in [0.15, 0.2) is 45.6 Å². The summed E-state index contributed by atoms with van der Waals surface area (Å²) >= 11 is 0. The van der Waals surface area contributed by atoms with Crippen LogP contribution in [0, 0.1) is 0 Å². The van der Waals surface area contributed by atoms with Crippen molar-refractivity contribution in [3.63, 3.8) is 0 Å². The zero-order valence-corrected chi connectivity index (χ0v) is 21.9. The molecule has 0 fully saturated rings. The molecule has 0 saturated heterocycles. The number of benzene rings is 2. The largest absolute Gasteiger partial charge is 0.497 e. The summed E-state index contributed by atoms with van der Waals surface area (Å²) < 4.78 is 22.5. The van der Waals surface area contributed by atoms with Crippen LogP contribution in [0.3, 0.4) is 0 Å². The Hall–Kier alpha value is -2.99. The molecule has 1 aromatic heterocycles. The van der Waals surface area contributed by atoms with Crippen LogP contribution in [-0.4, -0.2) is 33.0 Å². The summed E-state index contributed by atoms with van der Waals surface area (Å²) in [5.74, 6) is 2.33. The maximum atomic E-state index is 13.0. The van der Waals surface area contributed by atoms with Gasteiger partial charge in [-0.05, 0) is 43.0 Å². The highest BCUT2D eigenvalue weighted by Gasteiger charge is 2.16. The standard InChI is InChI=1S/C30H40O6/c1-33-23-15-16-25(22(18-23)14-12-10-8-6-4-5-7-9-11-13-17-31)27-21-26(32)30-28(35-3)19-24(34-2)20-29(30)36-27/h15-16,18-21,31H,4-14,17H2,1-3H3. The lowest BCUT2D eigenvalue weighted by molar-refractivity contribution is 0.282. The number of fused-ring (bicyclic) bond motifs is 1. The number of unbranched alkanes of at least 4 members (excludes halogenated alkanes) is 9. The summed E-state index contributed by atoms with van der Waals surface area (Å²) in [4.78, 5) is 13.0. The summed E-state index contributed by atoms with van der Waals surface area (Å²) in [5.41, 5.74) is 2.30. The number of methoxy groups -OCH3 is 3. The first-order valence-corrected chi connectivity index (χ1v) is 13.1. The van der Waals surface area contributed by atoms with Crippen molar-refractivity contribution in [1.82, 2.24) is 0 Å². The van der Waals surface area contributed by atoms with E-state index in [1.165, 1.54) is 45.6 Å². The molecule has 6 nitrogen and oxygen atoms in total. The normalized spacial score (nSPS) is 11.1. The van der Waals surface area contributed by atoms with Crippen molar-refractivity contribution >= 4 is 11.0 Å². The third-order valence-electron chi connectivity index (χ3n) is 6.66. The lowest BCUT2D eigenvalue weighted by Gasteiger charge is -2.13. The Balaban J connectivity index is 1.68. The average molecular weight is 497 g/mol. The van der Waals surface area contributed by atoms with Crippen LogP contribution in [-0.2, 0) is 6.42 Å². The molecule has 36 heavy (non-hydrogen) atoms. The van der Waals surface area contributed by atoms with Crippen LogP contribution in [0.4, 0.5) is 0 Å². The molecule has 0 bridgehead atoms. The van der Waals surface area contributed by atoms with Gasteiger partial charge in [0.2, 0.25) is 0 Å². The molecule has 3 aromatic rings. The van der Waals surface area contributed by atoms with Crippen molar-refractivity contribution in [3.8, 4) is 28.6 Å². The van der Waals surface area contributed by atoms with Gasteiger partial charge in [0.05, 0.1) is 21.3 Å². The van der Waals surface area contributed by atoms with E-state index in [2.05, 4.69) is 0 Å². The summed E-state index contributed by atoms with van der Waals surface area (Å²) in [6.07, 6.45) is 12.7. The van der Waals surface area contributed by atoms with E-state index in [1.807, 2.05) is 18.2 Å². The molecule has 0 atom stereocenters. The van der Waals surface area contributed by atoms with Gasteiger partial charge in [0.15, 0.2) is 5.43 Å². The van der Waals surface area contributed by atoms with Gasteiger partial charge in [0, 0.05) is 30.4 Å². The molecular formula is C30H40O6. The molecule has 0 unspecified atom stereocenters. The van der Waals surface area contributed by atoms with Crippen LogP contribution in [0.25, 0.3) is 22.3 Å². The fourth-order valence-electron chi connectivity index (χ4n) is 4.63. The zero-order valence-electron chi connectivity index (χ0n) is 21.9. The first-order chi connectivity index (χ1) is 17.6. The minimum absolute atomic E-state index is 0.149. The Morgan fingerprint density at radius 1 is 0.722 bits per heavy atom. The van der Waals surface area contributed by atoms with E-state index >= 15 is 0 Å². The Labute approximate surface area is 214 Å².